The molecule has 0 aromatic heterocycles. The van der Waals surface area contributed by atoms with Crippen LogP contribution in [0, 0.1) is 11.6 Å². The van der Waals surface area contributed by atoms with Crippen LogP contribution in [0.5, 0.6) is 11.5 Å². The molecule has 4 nitrogen and oxygen atoms in total. The Morgan fingerprint density at radius 2 is 1.60 bits per heavy atom. The van der Waals surface area contributed by atoms with Gasteiger partial charge in [0.25, 0.3) is 0 Å². The van der Waals surface area contributed by atoms with Crippen molar-refractivity contribution in [2.24, 2.45) is 0 Å². The lowest BCUT2D eigenvalue weighted by atomic mass is 10.2. The van der Waals surface area contributed by atoms with Crippen molar-refractivity contribution in [1.82, 2.24) is 0 Å². The summed E-state index contributed by atoms with van der Waals surface area (Å²) in [5, 5.41) is 0. The maximum atomic E-state index is 13.1. The molecule has 0 unspecified atom stereocenters. The normalized spacial score (nSPS) is 10.2. The SMILES string of the molecule is COC(=O)c1cc(N)cc(Oc2cc(F)cc(F)c2)c1. The second-order valence-electron chi connectivity index (χ2n) is 3.99. The van der Waals surface area contributed by atoms with Gasteiger partial charge in [-0.05, 0) is 12.1 Å². The fourth-order valence-electron chi connectivity index (χ4n) is 1.64. The van der Waals surface area contributed by atoms with Crippen LogP contribution in [0.2, 0.25) is 0 Å². The molecule has 0 saturated carbocycles. The van der Waals surface area contributed by atoms with Gasteiger partial charge in [-0.3, -0.25) is 0 Å². The van der Waals surface area contributed by atoms with Gasteiger partial charge < -0.3 is 15.2 Å². The predicted octanol–water partition coefficient (Wildman–Crippen LogP) is 3.13. The van der Waals surface area contributed by atoms with E-state index in [9.17, 15) is 13.6 Å². The van der Waals surface area contributed by atoms with Crippen molar-refractivity contribution < 1.29 is 23.0 Å². The summed E-state index contributed by atoms with van der Waals surface area (Å²) in [4.78, 5) is 11.4. The summed E-state index contributed by atoms with van der Waals surface area (Å²) in [6.45, 7) is 0. The van der Waals surface area contributed by atoms with Crippen LogP contribution in [-0.4, -0.2) is 13.1 Å². The lowest BCUT2D eigenvalue weighted by Crippen LogP contribution is -2.02. The second kappa shape index (κ2) is 5.56. The average Bonchev–Trinajstić information content (AvgIpc) is 2.35. The van der Waals surface area contributed by atoms with Crippen molar-refractivity contribution in [1.29, 1.82) is 0 Å². The van der Waals surface area contributed by atoms with Crippen LogP contribution in [0.25, 0.3) is 0 Å². The van der Waals surface area contributed by atoms with E-state index in [1.54, 1.807) is 0 Å². The van der Waals surface area contributed by atoms with Gasteiger partial charge in [-0.2, -0.15) is 0 Å². The van der Waals surface area contributed by atoms with E-state index in [1.165, 1.54) is 25.3 Å². The Hall–Kier alpha value is -2.63. The van der Waals surface area contributed by atoms with E-state index in [0.717, 1.165) is 18.2 Å². The highest BCUT2D eigenvalue weighted by molar-refractivity contribution is 5.91. The summed E-state index contributed by atoms with van der Waals surface area (Å²) in [6, 6.07) is 6.96. The maximum absolute atomic E-state index is 13.1. The monoisotopic (exact) mass is 279 g/mol. The molecule has 0 bridgehead atoms. The Morgan fingerprint density at radius 1 is 1.00 bits per heavy atom. The topological polar surface area (TPSA) is 61.5 Å². The van der Waals surface area contributed by atoms with E-state index < -0.39 is 17.6 Å². The summed E-state index contributed by atoms with van der Waals surface area (Å²) >= 11 is 0. The number of methoxy groups -OCH3 is 1. The smallest absolute Gasteiger partial charge is 0.338 e. The van der Waals surface area contributed by atoms with E-state index in [4.69, 9.17) is 10.5 Å². The minimum absolute atomic E-state index is 0.0380. The molecule has 0 aliphatic carbocycles. The summed E-state index contributed by atoms with van der Waals surface area (Å²) in [5.74, 6) is -1.99. The van der Waals surface area contributed by atoms with Crippen LogP contribution >= 0.6 is 0 Å². The zero-order valence-electron chi connectivity index (χ0n) is 10.5. The molecule has 6 heteroatoms. The number of halogens is 2. The highest BCUT2D eigenvalue weighted by Gasteiger charge is 2.10. The molecule has 0 aliphatic heterocycles. The van der Waals surface area contributed by atoms with Gasteiger partial charge in [-0.25, -0.2) is 13.6 Å². The molecule has 2 rings (SSSR count). The first-order valence-corrected chi connectivity index (χ1v) is 5.61. The minimum atomic E-state index is -0.767. The van der Waals surface area contributed by atoms with Gasteiger partial charge in [0.1, 0.15) is 23.1 Å². The molecule has 2 aromatic rings. The maximum Gasteiger partial charge on any atom is 0.338 e. The minimum Gasteiger partial charge on any atom is -0.465 e. The third-order valence-electron chi connectivity index (χ3n) is 2.42. The predicted molar refractivity (Wildman–Crippen MR) is 68.6 cm³/mol. The van der Waals surface area contributed by atoms with Crippen molar-refractivity contribution >= 4 is 11.7 Å². The Labute approximate surface area is 113 Å². The van der Waals surface area contributed by atoms with E-state index in [-0.39, 0.29) is 22.7 Å². The third-order valence-corrected chi connectivity index (χ3v) is 2.42. The molecule has 0 amide bonds. The molecule has 0 aliphatic rings. The Kier molecular flexibility index (Phi) is 3.84. The zero-order chi connectivity index (χ0) is 14.7. The van der Waals surface area contributed by atoms with Gasteiger partial charge in [-0.15, -0.1) is 0 Å². The van der Waals surface area contributed by atoms with Gasteiger partial charge in [0.15, 0.2) is 0 Å². The number of esters is 1. The summed E-state index contributed by atoms with van der Waals surface area (Å²) in [7, 11) is 1.23. The quantitative estimate of drug-likeness (QED) is 0.692. The molecule has 2 aromatic carbocycles. The number of hydrogen-bond donors (Lipinski definition) is 1. The number of nitrogen functional groups attached to an aromatic ring is 1. The van der Waals surface area contributed by atoms with Crippen LogP contribution in [0.1, 0.15) is 10.4 Å². The highest BCUT2D eigenvalue weighted by atomic mass is 19.1. The molecule has 0 atom stereocenters. The summed E-state index contributed by atoms with van der Waals surface area (Å²) < 4.78 is 36.0. The first-order chi connectivity index (χ1) is 9.47. The van der Waals surface area contributed by atoms with Crippen LogP contribution in [0.3, 0.4) is 0 Å². The number of rotatable bonds is 3. The number of carbonyl (C=O) groups excluding carboxylic acids is 1. The van der Waals surface area contributed by atoms with Crippen molar-refractivity contribution in [3.63, 3.8) is 0 Å². The molecule has 20 heavy (non-hydrogen) atoms. The van der Waals surface area contributed by atoms with Crippen molar-refractivity contribution in [3.8, 4) is 11.5 Å². The van der Waals surface area contributed by atoms with Gasteiger partial charge >= 0.3 is 5.97 Å². The first kappa shape index (κ1) is 13.8. The highest BCUT2D eigenvalue weighted by Crippen LogP contribution is 2.26. The number of benzene rings is 2. The van der Waals surface area contributed by atoms with Crippen LogP contribution in [-0.2, 0) is 4.74 Å². The Balaban J connectivity index is 2.33. The fraction of sp³-hybridized carbons (Fsp3) is 0.0714. The summed E-state index contributed by atoms with van der Waals surface area (Å²) in [6.07, 6.45) is 0. The van der Waals surface area contributed by atoms with Crippen LogP contribution < -0.4 is 10.5 Å². The van der Waals surface area contributed by atoms with Crippen molar-refractivity contribution in [3.05, 3.63) is 53.6 Å². The molecule has 0 fully saturated rings. The Morgan fingerprint density at radius 3 is 2.20 bits per heavy atom. The first-order valence-electron chi connectivity index (χ1n) is 5.61. The molecule has 104 valence electrons. The van der Waals surface area contributed by atoms with Crippen LogP contribution in [0.4, 0.5) is 14.5 Å². The van der Waals surface area contributed by atoms with Gasteiger partial charge in [0.05, 0.1) is 12.7 Å². The number of anilines is 1. The molecular formula is C14H11F2NO3. The number of ether oxygens (including phenoxy) is 2. The van der Waals surface area contributed by atoms with Gasteiger partial charge in [-0.1, -0.05) is 0 Å². The van der Waals surface area contributed by atoms with Gasteiger partial charge in [0.2, 0.25) is 0 Å². The van der Waals surface area contributed by atoms with Crippen molar-refractivity contribution in [2.75, 3.05) is 12.8 Å². The van der Waals surface area contributed by atoms with Gasteiger partial charge in [0, 0.05) is 30.0 Å². The molecular weight excluding hydrogens is 268 g/mol. The van der Waals surface area contributed by atoms with Crippen LogP contribution in [0.15, 0.2) is 36.4 Å². The molecule has 0 radical (unpaired) electrons. The second-order valence-corrected chi connectivity index (χ2v) is 3.99. The third kappa shape index (κ3) is 3.23. The average molecular weight is 279 g/mol. The largest absolute Gasteiger partial charge is 0.465 e. The Bertz CT molecular complexity index is 639. The number of carbonyl (C=O) groups is 1. The fourth-order valence-corrected chi connectivity index (χ4v) is 1.64. The standard InChI is InChI=1S/C14H11F2NO3/c1-19-14(18)8-2-11(17)7-12(3-8)20-13-5-9(15)4-10(16)6-13/h2-7H,17H2,1H3. The number of hydrogen-bond acceptors (Lipinski definition) is 4. The van der Waals surface area contributed by atoms with E-state index in [2.05, 4.69) is 4.74 Å². The van der Waals surface area contributed by atoms with E-state index in [0.29, 0.717) is 0 Å². The summed E-state index contributed by atoms with van der Waals surface area (Å²) in [5.41, 5.74) is 6.07. The van der Waals surface area contributed by atoms with E-state index in [1.807, 2.05) is 0 Å². The van der Waals surface area contributed by atoms with E-state index >= 15 is 0 Å². The molecule has 2 N–H and O–H groups in total. The number of nitrogens with two attached hydrogens (primary N) is 1. The van der Waals surface area contributed by atoms with Crippen molar-refractivity contribution in [2.45, 2.75) is 0 Å². The molecule has 0 spiro atoms. The zero-order valence-corrected chi connectivity index (χ0v) is 10.5. The lowest BCUT2D eigenvalue weighted by Gasteiger charge is -2.09. The molecule has 0 saturated heterocycles. The molecule has 0 heterocycles. The lowest BCUT2D eigenvalue weighted by molar-refractivity contribution is 0.0600.